The lowest BCUT2D eigenvalue weighted by atomic mass is 10.1. The lowest BCUT2D eigenvalue weighted by Gasteiger charge is -2.19. The highest BCUT2D eigenvalue weighted by molar-refractivity contribution is 7.92. The standard InChI is InChI=1S/C18H21N3O5S.ClH/c1-19-8-9-20-18(22)14-4-2-3-5-15(14)21-27(23,24)13-6-7-16-17(12-13)26-11-10-25-16;/h2-7,12,19,21H,8-11H2,1H3,(H,20,22);1H. The van der Waals surface area contributed by atoms with E-state index in [1.807, 2.05) is 0 Å². The van der Waals surface area contributed by atoms with Crippen LogP contribution in [0.15, 0.2) is 47.4 Å². The molecule has 0 aromatic heterocycles. The minimum atomic E-state index is -3.91. The van der Waals surface area contributed by atoms with Gasteiger partial charge in [0.25, 0.3) is 15.9 Å². The van der Waals surface area contributed by atoms with Crippen LogP contribution < -0.4 is 24.8 Å². The van der Waals surface area contributed by atoms with Crippen molar-refractivity contribution in [3.63, 3.8) is 0 Å². The Labute approximate surface area is 170 Å². The predicted octanol–water partition coefficient (Wildman–Crippen LogP) is 1.63. The van der Waals surface area contributed by atoms with E-state index in [9.17, 15) is 13.2 Å². The summed E-state index contributed by atoms with van der Waals surface area (Å²) in [4.78, 5) is 12.4. The number of likely N-dealkylation sites (N-methyl/N-ethyl adjacent to an activating group) is 1. The fourth-order valence-corrected chi connectivity index (χ4v) is 3.66. The quantitative estimate of drug-likeness (QED) is 0.580. The smallest absolute Gasteiger partial charge is 0.262 e. The zero-order valence-corrected chi connectivity index (χ0v) is 16.9. The molecule has 8 nitrogen and oxygen atoms in total. The number of carbonyl (C=O) groups excluding carboxylic acids is 1. The normalized spacial score (nSPS) is 12.6. The lowest BCUT2D eigenvalue weighted by Crippen LogP contribution is -2.31. The molecule has 3 N–H and O–H groups in total. The molecule has 1 aliphatic rings. The van der Waals surface area contributed by atoms with E-state index in [1.165, 1.54) is 12.1 Å². The summed E-state index contributed by atoms with van der Waals surface area (Å²) in [5, 5.41) is 5.66. The number of nitrogens with one attached hydrogen (secondary N) is 3. The first-order valence-corrected chi connectivity index (χ1v) is 9.94. The van der Waals surface area contributed by atoms with Gasteiger partial charge in [-0.1, -0.05) is 12.1 Å². The van der Waals surface area contributed by atoms with E-state index in [0.29, 0.717) is 37.8 Å². The summed E-state index contributed by atoms with van der Waals surface area (Å²) >= 11 is 0. The minimum Gasteiger partial charge on any atom is -0.486 e. The summed E-state index contributed by atoms with van der Waals surface area (Å²) in [7, 11) is -2.13. The summed E-state index contributed by atoms with van der Waals surface area (Å²) in [5.41, 5.74) is 0.448. The van der Waals surface area contributed by atoms with Crippen molar-refractivity contribution >= 4 is 34.0 Å². The van der Waals surface area contributed by atoms with E-state index in [2.05, 4.69) is 15.4 Å². The molecule has 0 fully saturated rings. The van der Waals surface area contributed by atoms with Crippen molar-refractivity contribution < 1.29 is 22.7 Å². The maximum atomic E-state index is 12.8. The molecule has 0 radical (unpaired) electrons. The second kappa shape index (κ2) is 9.63. The number of carbonyl (C=O) groups is 1. The third-order valence-electron chi connectivity index (χ3n) is 3.90. The Kier molecular flexibility index (Phi) is 7.50. The molecule has 0 bridgehead atoms. The van der Waals surface area contributed by atoms with Gasteiger partial charge in [0, 0.05) is 19.2 Å². The number of fused-ring (bicyclic) bond motifs is 1. The van der Waals surface area contributed by atoms with Gasteiger partial charge >= 0.3 is 0 Å². The van der Waals surface area contributed by atoms with Gasteiger partial charge in [0.05, 0.1) is 16.1 Å². The first kappa shape index (κ1) is 21.8. The number of anilines is 1. The van der Waals surface area contributed by atoms with Crippen molar-refractivity contribution in [2.75, 3.05) is 38.1 Å². The minimum absolute atomic E-state index is 0. The molecule has 3 rings (SSSR count). The number of hydrogen-bond donors (Lipinski definition) is 3. The summed E-state index contributed by atoms with van der Waals surface area (Å²) in [5.74, 6) is 0.525. The Hall–Kier alpha value is -2.49. The van der Waals surface area contributed by atoms with Gasteiger partial charge in [-0.05, 0) is 31.3 Å². The molecule has 2 aromatic rings. The highest BCUT2D eigenvalue weighted by atomic mass is 35.5. The van der Waals surface area contributed by atoms with E-state index in [-0.39, 0.29) is 34.5 Å². The highest BCUT2D eigenvalue weighted by Crippen LogP contribution is 2.33. The second-order valence-electron chi connectivity index (χ2n) is 5.82. The molecule has 0 saturated carbocycles. The van der Waals surface area contributed by atoms with Crippen molar-refractivity contribution in [1.29, 1.82) is 0 Å². The molecule has 28 heavy (non-hydrogen) atoms. The van der Waals surface area contributed by atoms with E-state index >= 15 is 0 Å². The van der Waals surface area contributed by atoms with Crippen LogP contribution in [-0.4, -0.2) is 47.7 Å². The molecule has 10 heteroatoms. The van der Waals surface area contributed by atoms with Gasteiger partial charge in [-0.25, -0.2) is 8.42 Å². The average Bonchev–Trinajstić information content (AvgIpc) is 2.68. The molecule has 0 aliphatic carbocycles. The zero-order chi connectivity index (χ0) is 19.3. The van der Waals surface area contributed by atoms with Crippen molar-refractivity contribution in [2.24, 2.45) is 0 Å². The Balaban J connectivity index is 0.00000280. The molecule has 0 atom stereocenters. The number of halogens is 1. The van der Waals surface area contributed by atoms with Crippen LogP contribution >= 0.6 is 12.4 Å². The third kappa shape index (κ3) is 5.06. The summed E-state index contributed by atoms with van der Waals surface area (Å²) < 4.78 is 38.9. The third-order valence-corrected chi connectivity index (χ3v) is 5.26. The monoisotopic (exact) mass is 427 g/mol. The Morgan fingerprint density at radius 1 is 1.04 bits per heavy atom. The Bertz CT molecular complexity index is 937. The SMILES string of the molecule is CNCCNC(=O)c1ccccc1NS(=O)(=O)c1ccc2c(c1)OCCO2.Cl. The van der Waals surface area contributed by atoms with Crippen LogP contribution in [0.5, 0.6) is 11.5 Å². The Morgan fingerprint density at radius 3 is 2.50 bits per heavy atom. The number of benzene rings is 2. The second-order valence-corrected chi connectivity index (χ2v) is 7.50. The zero-order valence-electron chi connectivity index (χ0n) is 15.2. The number of amides is 1. The van der Waals surface area contributed by atoms with Crippen LogP contribution in [0.2, 0.25) is 0 Å². The summed E-state index contributed by atoms with van der Waals surface area (Å²) in [6.07, 6.45) is 0. The van der Waals surface area contributed by atoms with Gasteiger partial charge in [-0.2, -0.15) is 0 Å². The van der Waals surface area contributed by atoms with Crippen molar-refractivity contribution in [3.8, 4) is 11.5 Å². The van der Waals surface area contributed by atoms with Crippen molar-refractivity contribution in [3.05, 3.63) is 48.0 Å². The van der Waals surface area contributed by atoms with Crippen LogP contribution in [0, 0.1) is 0 Å². The van der Waals surface area contributed by atoms with Gasteiger partial charge in [0.15, 0.2) is 11.5 Å². The van der Waals surface area contributed by atoms with E-state index in [1.54, 1.807) is 37.4 Å². The molecule has 1 amide bonds. The van der Waals surface area contributed by atoms with E-state index in [4.69, 9.17) is 9.47 Å². The van der Waals surface area contributed by atoms with Crippen LogP contribution in [0.3, 0.4) is 0 Å². The van der Waals surface area contributed by atoms with E-state index < -0.39 is 10.0 Å². The number of ether oxygens (including phenoxy) is 2. The maximum absolute atomic E-state index is 12.8. The number of sulfonamides is 1. The average molecular weight is 428 g/mol. The van der Waals surface area contributed by atoms with E-state index in [0.717, 1.165) is 0 Å². The molecule has 0 spiro atoms. The number of para-hydroxylation sites is 1. The summed E-state index contributed by atoms with van der Waals surface area (Å²) in [6.45, 7) is 1.82. The predicted molar refractivity (Wildman–Crippen MR) is 108 cm³/mol. The molecule has 1 heterocycles. The largest absolute Gasteiger partial charge is 0.486 e. The summed E-state index contributed by atoms with van der Waals surface area (Å²) in [6, 6.07) is 10.8. The molecule has 0 saturated heterocycles. The first-order valence-electron chi connectivity index (χ1n) is 8.45. The Morgan fingerprint density at radius 2 is 1.75 bits per heavy atom. The van der Waals surface area contributed by atoms with Crippen LogP contribution in [0.1, 0.15) is 10.4 Å². The van der Waals surface area contributed by atoms with Crippen molar-refractivity contribution in [1.82, 2.24) is 10.6 Å². The molecular weight excluding hydrogens is 406 g/mol. The van der Waals surface area contributed by atoms with Gasteiger partial charge in [0.1, 0.15) is 13.2 Å². The van der Waals surface area contributed by atoms with Crippen molar-refractivity contribution in [2.45, 2.75) is 4.90 Å². The van der Waals surface area contributed by atoms with Gasteiger partial charge in [-0.3, -0.25) is 9.52 Å². The first-order chi connectivity index (χ1) is 13.0. The molecule has 152 valence electrons. The number of hydrogen-bond acceptors (Lipinski definition) is 6. The lowest BCUT2D eigenvalue weighted by molar-refractivity contribution is 0.0955. The topological polar surface area (TPSA) is 106 Å². The molecule has 0 unspecified atom stereocenters. The maximum Gasteiger partial charge on any atom is 0.262 e. The van der Waals surface area contributed by atoms with Gasteiger partial charge < -0.3 is 20.1 Å². The molecule has 1 aliphatic heterocycles. The van der Waals surface area contributed by atoms with Gasteiger partial charge in [-0.15, -0.1) is 12.4 Å². The van der Waals surface area contributed by atoms with Gasteiger partial charge in [0.2, 0.25) is 0 Å². The number of rotatable bonds is 7. The molecular formula is C18H22ClN3O5S. The van der Waals surface area contributed by atoms with Crippen LogP contribution in [-0.2, 0) is 10.0 Å². The fraction of sp³-hybridized carbons (Fsp3) is 0.278. The van der Waals surface area contributed by atoms with Crippen LogP contribution in [0.4, 0.5) is 5.69 Å². The fourth-order valence-electron chi connectivity index (χ4n) is 2.56. The van der Waals surface area contributed by atoms with Crippen LogP contribution in [0.25, 0.3) is 0 Å². The highest BCUT2D eigenvalue weighted by Gasteiger charge is 2.21. The molecule has 2 aromatic carbocycles.